The fraction of sp³-hybridized carbons (Fsp3) is 0.133. The summed E-state index contributed by atoms with van der Waals surface area (Å²) in [7, 11) is 0. The smallest absolute Gasteiger partial charge is 0.273 e. The van der Waals surface area contributed by atoms with Crippen molar-refractivity contribution in [2.24, 2.45) is 0 Å². The van der Waals surface area contributed by atoms with Crippen molar-refractivity contribution >= 4 is 17.3 Å². The van der Waals surface area contributed by atoms with Gasteiger partial charge in [-0.2, -0.15) is 4.80 Å². The van der Waals surface area contributed by atoms with E-state index in [0.29, 0.717) is 23.1 Å². The van der Waals surface area contributed by atoms with Crippen LogP contribution < -0.4 is 4.74 Å². The highest BCUT2D eigenvalue weighted by molar-refractivity contribution is 6.30. The Bertz CT molecular complexity index is 850. The van der Waals surface area contributed by atoms with E-state index in [2.05, 4.69) is 15.4 Å². The first-order chi connectivity index (χ1) is 11.6. The van der Waals surface area contributed by atoms with Gasteiger partial charge in [0.1, 0.15) is 12.4 Å². The summed E-state index contributed by atoms with van der Waals surface area (Å²) in [6, 6.07) is 13.1. The first-order valence-corrected chi connectivity index (χ1v) is 7.40. The van der Waals surface area contributed by atoms with Crippen molar-refractivity contribution in [1.82, 2.24) is 20.2 Å². The van der Waals surface area contributed by atoms with Crippen molar-refractivity contribution in [3.63, 3.8) is 0 Å². The molecule has 1 heterocycles. The Labute approximate surface area is 141 Å². The number of nitro groups is 1. The number of hydrogen-bond acceptors (Lipinski definition) is 6. The minimum Gasteiger partial charge on any atom is -0.491 e. The summed E-state index contributed by atoms with van der Waals surface area (Å²) in [5.41, 5.74) is 0.793. The molecule has 0 radical (unpaired) electrons. The summed E-state index contributed by atoms with van der Waals surface area (Å²) in [6.45, 7) is 0.626. The molecule has 9 heteroatoms. The minimum atomic E-state index is -0.468. The molecule has 2 aromatic carbocycles. The Morgan fingerprint density at radius 3 is 2.75 bits per heavy atom. The van der Waals surface area contributed by atoms with E-state index in [9.17, 15) is 10.1 Å². The zero-order chi connectivity index (χ0) is 16.9. The number of aromatic nitrogens is 4. The highest BCUT2D eigenvalue weighted by Crippen LogP contribution is 2.19. The van der Waals surface area contributed by atoms with Gasteiger partial charge in [-0.1, -0.05) is 17.7 Å². The number of halogens is 1. The second-order valence-corrected chi connectivity index (χ2v) is 5.26. The molecule has 0 saturated carbocycles. The average Bonchev–Trinajstić information content (AvgIpc) is 3.05. The molecular weight excluding hydrogens is 334 g/mol. The first-order valence-electron chi connectivity index (χ1n) is 7.03. The van der Waals surface area contributed by atoms with Crippen LogP contribution >= 0.6 is 11.6 Å². The summed E-state index contributed by atoms with van der Waals surface area (Å²) < 4.78 is 5.48. The maximum Gasteiger partial charge on any atom is 0.273 e. The van der Waals surface area contributed by atoms with Gasteiger partial charge in [-0.05, 0) is 35.5 Å². The van der Waals surface area contributed by atoms with Gasteiger partial charge in [0.15, 0.2) is 0 Å². The van der Waals surface area contributed by atoms with Crippen LogP contribution in [-0.4, -0.2) is 31.7 Å². The molecule has 1 aromatic heterocycles. The summed E-state index contributed by atoms with van der Waals surface area (Å²) in [6.07, 6.45) is 0. The van der Waals surface area contributed by atoms with Gasteiger partial charge in [-0.15, -0.1) is 10.2 Å². The highest BCUT2D eigenvalue weighted by atomic mass is 35.5. The normalized spacial score (nSPS) is 10.5. The molecule has 8 nitrogen and oxygen atoms in total. The first kappa shape index (κ1) is 15.9. The van der Waals surface area contributed by atoms with Gasteiger partial charge >= 0.3 is 0 Å². The Balaban J connectivity index is 1.59. The van der Waals surface area contributed by atoms with Gasteiger partial charge in [0, 0.05) is 16.7 Å². The Kier molecular flexibility index (Phi) is 4.66. The lowest BCUT2D eigenvalue weighted by atomic mass is 10.2. The topological polar surface area (TPSA) is 96.0 Å². The van der Waals surface area contributed by atoms with Gasteiger partial charge in [0.2, 0.25) is 5.82 Å². The standard InChI is InChI=1S/C15H12ClN5O3/c16-12-6-4-11(5-7-12)15-17-19-20(18-15)8-9-24-14-3-1-2-13(10-14)21(22)23/h1-7,10H,8-9H2. The number of nitro benzene ring substituents is 1. The van der Waals surface area contributed by atoms with Crippen molar-refractivity contribution in [2.75, 3.05) is 6.61 Å². The van der Waals surface area contributed by atoms with Crippen LogP contribution in [0.25, 0.3) is 11.4 Å². The number of ether oxygens (including phenoxy) is 1. The zero-order valence-electron chi connectivity index (χ0n) is 12.4. The van der Waals surface area contributed by atoms with Crippen LogP contribution in [0.4, 0.5) is 5.69 Å². The number of nitrogens with zero attached hydrogens (tertiary/aromatic N) is 5. The molecule has 3 aromatic rings. The number of benzene rings is 2. The van der Waals surface area contributed by atoms with Crippen LogP contribution in [0.3, 0.4) is 0 Å². The monoisotopic (exact) mass is 345 g/mol. The Hall–Kier alpha value is -3.00. The molecule has 0 unspecified atom stereocenters. The molecular formula is C15H12ClN5O3. The lowest BCUT2D eigenvalue weighted by Gasteiger charge is -2.04. The van der Waals surface area contributed by atoms with Crippen LogP contribution in [0, 0.1) is 10.1 Å². The molecule has 0 fully saturated rings. The van der Waals surface area contributed by atoms with E-state index >= 15 is 0 Å². The lowest BCUT2D eigenvalue weighted by Crippen LogP contribution is -2.11. The second kappa shape index (κ2) is 7.05. The van der Waals surface area contributed by atoms with E-state index < -0.39 is 4.92 Å². The summed E-state index contributed by atoms with van der Waals surface area (Å²) >= 11 is 5.84. The zero-order valence-corrected chi connectivity index (χ0v) is 13.1. The van der Waals surface area contributed by atoms with Gasteiger partial charge in [0.25, 0.3) is 5.69 Å². The van der Waals surface area contributed by atoms with Gasteiger partial charge in [0.05, 0.1) is 17.5 Å². The molecule has 0 aliphatic rings. The SMILES string of the molecule is O=[N+]([O-])c1cccc(OCCn2nnc(-c3ccc(Cl)cc3)n2)c1. The maximum atomic E-state index is 10.7. The third kappa shape index (κ3) is 3.85. The minimum absolute atomic E-state index is 0.0172. The van der Waals surface area contributed by atoms with Crippen LogP contribution in [0.5, 0.6) is 5.75 Å². The van der Waals surface area contributed by atoms with Crippen LogP contribution in [0.1, 0.15) is 0 Å². The predicted octanol–water partition coefficient (Wildman–Crippen LogP) is 2.98. The molecule has 0 bridgehead atoms. The highest BCUT2D eigenvalue weighted by Gasteiger charge is 2.08. The maximum absolute atomic E-state index is 10.7. The fourth-order valence-corrected chi connectivity index (χ4v) is 2.11. The Morgan fingerprint density at radius 2 is 2.00 bits per heavy atom. The summed E-state index contributed by atoms with van der Waals surface area (Å²) in [5, 5.41) is 23.5. The van der Waals surface area contributed by atoms with Crippen LogP contribution in [0.2, 0.25) is 5.02 Å². The quantitative estimate of drug-likeness (QED) is 0.503. The Morgan fingerprint density at radius 1 is 1.21 bits per heavy atom. The summed E-state index contributed by atoms with van der Waals surface area (Å²) in [5.74, 6) is 0.907. The van der Waals surface area contributed by atoms with E-state index in [1.54, 1.807) is 24.3 Å². The lowest BCUT2D eigenvalue weighted by molar-refractivity contribution is -0.384. The molecule has 0 spiro atoms. The molecule has 0 saturated heterocycles. The molecule has 0 N–H and O–H groups in total. The van der Waals surface area contributed by atoms with Gasteiger partial charge < -0.3 is 4.74 Å². The van der Waals surface area contributed by atoms with Gasteiger partial charge in [-0.3, -0.25) is 10.1 Å². The number of tetrazole rings is 1. The number of non-ortho nitro benzene ring substituents is 1. The molecule has 3 rings (SSSR count). The molecule has 0 atom stereocenters. The van der Waals surface area contributed by atoms with Crippen LogP contribution in [-0.2, 0) is 6.54 Å². The summed E-state index contributed by atoms with van der Waals surface area (Å²) in [4.78, 5) is 11.7. The van der Waals surface area contributed by atoms with Crippen molar-refractivity contribution in [3.05, 3.63) is 63.7 Å². The average molecular weight is 346 g/mol. The van der Waals surface area contributed by atoms with E-state index in [1.165, 1.54) is 16.9 Å². The van der Waals surface area contributed by atoms with E-state index in [1.807, 2.05) is 12.1 Å². The molecule has 0 aliphatic heterocycles. The van der Waals surface area contributed by atoms with Crippen molar-refractivity contribution in [2.45, 2.75) is 6.54 Å². The van der Waals surface area contributed by atoms with Crippen LogP contribution in [0.15, 0.2) is 48.5 Å². The molecule has 0 amide bonds. The van der Waals surface area contributed by atoms with E-state index in [4.69, 9.17) is 16.3 Å². The number of hydrogen-bond donors (Lipinski definition) is 0. The van der Waals surface area contributed by atoms with Crippen molar-refractivity contribution < 1.29 is 9.66 Å². The fourth-order valence-electron chi connectivity index (χ4n) is 1.98. The second-order valence-electron chi connectivity index (χ2n) is 4.82. The molecule has 24 heavy (non-hydrogen) atoms. The van der Waals surface area contributed by atoms with Crippen molar-refractivity contribution in [1.29, 1.82) is 0 Å². The largest absolute Gasteiger partial charge is 0.491 e. The van der Waals surface area contributed by atoms with Gasteiger partial charge in [-0.25, -0.2) is 0 Å². The molecule has 0 aliphatic carbocycles. The predicted molar refractivity (Wildman–Crippen MR) is 86.9 cm³/mol. The number of rotatable bonds is 6. The van der Waals surface area contributed by atoms with E-state index in [0.717, 1.165) is 5.56 Å². The van der Waals surface area contributed by atoms with E-state index in [-0.39, 0.29) is 12.3 Å². The molecule has 122 valence electrons. The third-order valence-corrected chi connectivity index (χ3v) is 3.40. The van der Waals surface area contributed by atoms with Crippen molar-refractivity contribution in [3.8, 4) is 17.1 Å². The third-order valence-electron chi connectivity index (χ3n) is 3.14.